The lowest BCUT2D eigenvalue weighted by atomic mass is 10.2. The molecule has 10 heteroatoms. The van der Waals surface area contributed by atoms with Crippen LogP contribution >= 0.6 is 11.8 Å². The maximum absolute atomic E-state index is 13.7. The average molecular weight is 515 g/mol. The summed E-state index contributed by atoms with van der Waals surface area (Å²) in [5.74, 6) is -0.259. The Labute approximate surface area is 215 Å². The molecular formula is C27H22N4O5S. The number of carbonyl (C=O) groups is 2. The lowest BCUT2D eigenvalue weighted by molar-refractivity contribution is -0.113. The smallest absolute Gasteiger partial charge is 0.337 e. The van der Waals surface area contributed by atoms with E-state index in [1.54, 1.807) is 42.5 Å². The molecule has 0 atom stereocenters. The normalized spacial score (nSPS) is 11.0. The summed E-state index contributed by atoms with van der Waals surface area (Å²) in [7, 11) is 2.84. The molecule has 0 bridgehead atoms. The highest BCUT2D eigenvalue weighted by atomic mass is 32.2. The van der Waals surface area contributed by atoms with Gasteiger partial charge in [0.2, 0.25) is 5.91 Å². The van der Waals surface area contributed by atoms with Crippen LogP contribution in [0.5, 0.6) is 5.75 Å². The second-order valence-corrected chi connectivity index (χ2v) is 8.95. The summed E-state index contributed by atoms with van der Waals surface area (Å²) in [6, 6.07) is 21.1. The molecule has 5 aromatic rings. The van der Waals surface area contributed by atoms with Gasteiger partial charge in [-0.05, 0) is 42.5 Å². The van der Waals surface area contributed by atoms with Crippen LogP contribution in [0.25, 0.3) is 27.6 Å². The van der Waals surface area contributed by atoms with Gasteiger partial charge in [0.05, 0.1) is 31.2 Å². The van der Waals surface area contributed by atoms with Crippen molar-refractivity contribution in [2.75, 3.05) is 25.3 Å². The number of hydrogen-bond acceptors (Lipinski definition) is 7. The molecule has 0 radical (unpaired) electrons. The molecule has 9 nitrogen and oxygen atoms in total. The number of H-pyrrole nitrogens is 1. The van der Waals surface area contributed by atoms with Crippen molar-refractivity contribution >= 4 is 51.3 Å². The number of rotatable bonds is 7. The lowest BCUT2D eigenvalue weighted by Gasteiger charge is -2.15. The zero-order valence-corrected chi connectivity index (χ0v) is 20.8. The molecule has 2 N–H and O–H groups in total. The fourth-order valence-corrected chi connectivity index (χ4v) is 4.80. The van der Waals surface area contributed by atoms with Crippen LogP contribution in [0.2, 0.25) is 0 Å². The van der Waals surface area contributed by atoms with Crippen molar-refractivity contribution in [1.82, 2.24) is 14.5 Å². The fourth-order valence-electron chi connectivity index (χ4n) is 4.00. The SMILES string of the molecule is COC(=O)c1ccc(NC(=O)CSc2nc3c([nH]c4ccccc43)c(=O)n2-c2ccccc2OC)cc1. The summed E-state index contributed by atoms with van der Waals surface area (Å²) in [6.07, 6.45) is 0. The molecule has 0 aliphatic rings. The first-order valence-corrected chi connectivity index (χ1v) is 12.3. The summed E-state index contributed by atoms with van der Waals surface area (Å²) in [6.45, 7) is 0. The Kier molecular flexibility index (Phi) is 6.65. The number of methoxy groups -OCH3 is 2. The van der Waals surface area contributed by atoms with E-state index in [1.807, 2.05) is 30.3 Å². The van der Waals surface area contributed by atoms with Gasteiger partial charge in [0.25, 0.3) is 5.56 Å². The topological polar surface area (TPSA) is 115 Å². The zero-order valence-electron chi connectivity index (χ0n) is 20.0. The average Bonchev–Trinajstić information content (AvgIpc) is 3.31. The van der Waals surface area contributed by atoms with E-state index >= 15 is 0 Å². The number of thioether (sulfide) groups is 1. The molecule has 2 heterocycles. The van der Waals surface area contributed by atoms with Crippen LogP contribution in [0, 0.1) is 0 Å². The third kappa shape index (κ3) is 4.66. The molecule has 0 saturated carbocycles. The Morgan fingerprint density at radius 3 is 2.49 bits per heavy atom. The van der Waals surface area contributed by atoms with Gasteiger partial charge in [-0.25, -0.2) is 14.3 Å². The molecule has 37 heavy (non-hydrogen) atoms. The van der Waals surface area contributed by atoms with E-state index in [1.165, 1.54) is 18.8 Å². The third-order valence-corrected chi connectivity index (χ3v) is 6.68. The summed E-state index contributed by atoms with van der Waals surface area (Å²) in [5.41, 5.74) is 2.83. The summed E-state index contributed by atoms with van der Waals surface area (Å²) in [4.78, 5) is 46.1. The largest absolute Gasteiger partial charge is 0.495 e. The van der Waals surface area contributed by atoms with Gasteiger partial charge in [-0.1, -0.05) is 42.1 Å². The van der Waals surface area contributed by atoms with E-state index < -0.39 is 5.97 Å². The van der Waals surface area contributed by atoms with Crippen molar-refractivity contribution in [1.29, 1.82) is 0 Å². The monoisotopic (exact) mass is 514 g/mol. The Morgan fingerprint density at radius 2 is 1.73 bits per heavy atom. The number of aromatic nitrogens is 3. The molecule has 0 aliphatic carbocycles. The van der Waals surface area contributed by atoms with Crippen LogP contribution in [-0.2, 0) is 9.53 Å². The summed E-state index contributed by atoms with van der Waals surface area (Å²) < 4.78 is 11.7. The van der Waals surface area contributed by atoms with Gasteiger partial charge in [0.1, 0.15) is 16.8 Å². The number of amides is 1. The second kappa shape index (κ2) is 10.2. The number of benzene rings is 3. The number of fused-ring (bicyclic) bond motifs is 3. The minimum Gasteiger partial charge on any atom is -0.495 e. The molecule has 186 valence electrons. The number of esters is 1. The lowest BCUT2D eigenvalue weighted by Crippen LogP contribution is -2.23. The van der Waals surface area contributed by atoms with E-state index in [2.05, 4.69) is 10.3 Å². The number of nitrogens with zero attached hydrogens (tertiary/aromatic N) is 2. The summed E-state index contributed by atoms with van der Waals surface area (Å²) in [5, 5.41) is 3.96. The first kappa shape index (κ1) is 24.1. The Hall–Kier alpha value is -4.57. The molecule has 0 unspecified atom stereocenters. The molecule has 5 rings (SSSR count). The van der Waals surface area contributed by atoms with Crippen LogP contribution in [-0.4, -0.2) is 46.4 Å². The van der Waals surface area contributed by atoms with Gasteiger partial charge in [-0.2, -0.15) is 0 Å². The van der Waals surface area contributed by atoms with Crippen LogP contribution in [0.3, 0.4) is 0 Å². The molecule has 3 aromatic carbocycles. The number of carbonyl (C=O) groups excluding carboxylic acids is 2. The van der Waals surface area contributed by atoms with Gasteiger partial charge in [0, 0.05) is 16.6 Å². The van der Waals surface area contributed by atoms with Crippen molar-refractivity contribution in [3.05, 3.63) is 88.7 Å². The highest BCUT2D eigenvalue weighted by molar-refractivity contribution is 7.99. The van der Waals surface area contributed by atoms with E-state index in [0.717, 1.165) is 22.7 Å². The number of hydrogen-bond donors (Lipinski definition) is 2. The third-order valence-electron chi connectivity index (χ3n) is 5.74. The number of ether oxygens (including phenoxy) is 2. The van der Waals surface area contributed by atoms with Crippen molar-refractivity contribution in [3.63, 3.8) is 0 Å². The van der Waals surface area contributed by atoms with Gasteiger partial charge in [-0.15, -0.1) is 0 Å². The Bertz CT molecular complexity index is 1690. The predicted molar refractivity (Wildman–Crippen MR) is 143 cm³/mol. The maximum atomic E-state index is 13.7. The highest BCUT2D eigenvalue weighted by Gasteiger charge is 2.20. The van der Waals surface area contributed by atoms with Gasteiger partial charge < -0.3 is 19.8 Å². The first-order chi connectivity index (χ1) is 18.0. The van der Waals surface area contributed by atoms with Gasteiger partial charge in [0.15, 0.2) is 5.16 Å². The van der Waals surface area contributed by atoms with E-state index in [0.29, 0.717) is 38.9 Å². The number of para-hydroxylation sites is 3. The maximum Gasteiger partial charge on any atom is 0.337 e. The molecule has 0 spiro atoms. The zero-order chi connectivity index (χ0) is 25.9. The van der Waals surface area contributed by atoms with Crippen LogP contribution in [0.1, 0.15) is 10.4 Å². The molecular weight excluding hydrogens is 492 g/mol. The number of aromatic amines is 1. The van der Waals surface area contributed by atoms with Crippen molar-refractivity contribution < 1.29 is 19.1 Å². The van der Waals surface area contributed by atoms with Crippen molar-refractivity contribution in [2.45, 2.75) is 5.16 Å². The Balaban J connectivity index is 1.50. The second-order valence-electron chi connectivity index (χ2n) is 8.01. The van der Waals surface area contributed by atoms with E-state index in [9.17, 15) is 14.4 Å². The summed E-state index contributed by atoms with van der Waals surface area (Å²) >= 11 is 1.14. The Morgan fingerprint density at radius 1 is 1.00 bits per heavy atom. The number of nitrogens with one attached hydrogen (secondary N) is 2. The molecule has 0 saturated heterocycles. The van der Waals surface area contributed by atoms with Crippen LogP contribution < -0.4 is 15.6 Å². The number of anilines is 1. The molecule has 0 aliphatic heterocycles. The van der Waals surface area contributed by atoms with E-state index in [4.69, 9.17) is 14.5 Å². The van der Waals surface area contributed by atoms with Crippen LogP contribution in [0.4, 0.5) is 5.69 Å². The van der Waals surface area contributed by atoms with Crippen molar-refractivity contribution in [2.24, 2.45) is 0 Å². The fraction of sp³-hybridized carbons (Fsp3) is 0.111. The van der Waals surface area contributed by atoms with Crippen molar-refractivity contribution in [3.8, 4) is 11.4 Å². The van der Waals surface area contributed by atoms with E-state index in [-0.39, 0.29) is 17.2 Å². The van der Waals surface area contributed by atoms with Crippen LogP contribution in [0.15, 0.2) is 82.7 Å². The predicted octanol–water partition coefficient (Wildman–Crippen LogP) is 4.39. The minimum absolute atomic E-state index is 0.00575. The van der Waals surface area contributed by atoms with Gasteiger partial charge in [-0.3, -0.25) is 9.59 Å². The minimum atomic E-state index is -0.457. The molecule has 1 amide bonds. The standard InChI is InChI=1S/C27H22N4O5S/c1-35-21-10-6-5-9-20(21)31-25(33)24-23(18-7-3-4-8-19(18)29-24)30-27(31)37-15-22(32)28-17-13-11-16(12-14-17)26(34)36-2/h3-14,29H,15H2,1-2H3,(H,28,32). The van der Waals surface area contributed by atoms with Gasteiger partial charge >= 0.3 is 5.97 Å². The first-order valence-electron chi connectivity index (χ1n) is 11.3. The molecule has 2 aromatic heterocycles. The molecule has 0 fully saturated rings. The highest BCUT2D eigenvalue weighted by Crippen LogP contribution is 2.29. The quantitative estimate of drug-likeness (QED) is 0.188.